The van der Waals surface area contributed by atoms with Gasteiger partial charge in [-0.05, 0) is 29.8 Å². The number of ether oxygens (including phenoxy) is 2. The normalized spacial score (nSPS) is 12.4. The maximum absolute atomic E-state index is 14.2. The fraction of sp³-hybridized carbons (Fsp3) is 0.250. The highest BCUT2D eigenvalue weighted by atomic mass is 32.1. The second-order valence-corrected chi connectivity index (χ2v) is 8.66. The number of aliphatic hydroxyl groups excluding tert-OH is 2. The number of nitrogen functional groups attached to an aromatic ring is 1. The number of anilines is 1. The molecule has 4 aromatic rings. The molecule has 1 atom stereocenters. The van der Waals surface area contributed by atoms with E-state index in [1.54, 1.807) is 36.5 Å². The second kappa shape index (κ2) is 10.9. The van der Waals surface area contributed by atoms with E-state index in [4.69, 9.17) is 15.2 Å². The number of pyridine rings is 2. The highest BCUT2D eigenvalue weighted by Gasteiger charge is 2.16. The van der Waals surface area contributed by atoms with Gasteiger partial charge in [-0.1, -0.05) is 6.07 Å². The Kier molecular flexibility index (Phi) is 7.66. The third kappa shape index (κ3) is 5.49. The number of halogens is 1. The Morgan fingerprint density at radius 3 is 2.71 bits per heavy atom. The summed E-state index contributed by atoms with van der Waals surface area (Å²) in [6, 6.07) is 11.7. The lowest BCUT2D eigenvalue weighted by Gasteiger charge is -2.26. The first-order chi connectivity index (χ1) is 16.5. The molecule has 8 nitrogen and oxygen atoms in total. The van der Waals surface area contributed by atoms with Gasteiger partial charge < -0.3 is 25.4 Å². The van der Waals surface area contributed by atoms with E-state index in [0.717, 1.165) is 26.4 Å². The fourth-order valence-electron chi connectivity index (χ4n) is 3.40. The van der Waals surface area contributed by atoms with Crippen LogP contribution in [0, 0.1) is 5.82 Å². The van der Waals surface area contributed by atoms with E-state index in [9.17, 15) is 14.6 Å². The van der Waals surface area contributed by atoms with Crippen molar-refractivity contribution in [2.24, 2.45) is 0 Å². The zero-order valence-electron chi connectivity index (χ0n) is 18.5. The fourth-order valence-corrected chi connectivity index (χ4v) is 4.44. The van der Waals surface area contributed by atoms with Gasteiger partial charge in [0.15, 0.2) is 11.6 Å². The minimum atomic E-state index is -0.979. The summed E-state index contributed by atoms with van der Waals surface area (Å²) in [6.07, 6.45) is 2.37. The van der Waals surface area contributed by atoms with Gasteiger partial charge in [-0.15, -0.1) is 11.3 Å². The van der Waals surface area contributed by atoms with E-state index in [1.807, 2.05) is 18.2 Å². The molecule has 34 heavy (non-hydrogen) atoms. The highest BCUT2D eigenvalue weighted by Crippen LogP contribution is 2.39. The van der Waals surface area contributed by atoms with Crippen molar-refractivity contribution in [2.75, 3.05) is 32.6 Å². The van der Waals surface area contributed by atoms with Crippen LogP contribution in [0.1, 0.15) is 5.56 Å². The zero-order chi connectivity index (χ0) is 24.1. The third-order valence-corrected chi connectivity index (χ3v) is 6.34. The summed E-state index contributed by atoms with van der Waals surface area (Å²) in [5, 5.41) is 19.3. The van der Waals surface area contributed by atoms with Crippen molar-refractivity contribution in [3.05, 3.63) is 66.2 Å². The Balaban J connectivity index is 1.55. The first-order valence-electron chi connectivity index (χ1n) is 10.6. The summed E-state index contributed by atoms with van der Waals surface area (Å²) in [5.41, 5.74) is 8.30. The monoisotopic (exact) mass is 484 g/mol. The molecule has 0 amide bonds. The molecule has 0 spiro atoms. The molecule has 10 heteroatoms. The standard InChI is InChI=1S/C24H25FN4O4S/c1-32-9-8-29(23(31)14-30)13-15-2-4-18(28-12-15)22-11-19-24(34-22)21(6-7-27-19)33-20-5-3-16(26)10-17(20)25/h2-7,10-12,23,30-31H,8-9,13-14,26H2,1H3. The largest absolute Gasteiger partial charge is 0.453 e. The number of hydrogen-bond acceptors (Lipinski definition) is 9. The minimum Gasteiger partial charge on any atom is -0.453 e. The van der Waals surface area contributed by atoms with Gasteiger partial charge in [0.25, 0.3) is 0 Å². The van der Waals surface area contributed by atoms with E-state index in [0.29, 0.717) is 31.1 Å². The zero-order valence-corrected chi connectivity index (χ0v) is 19.3. The Hall–Kier alpha value is -3.15. The van der Waals surface area contributed by atoms with E-state index in [2.05, 4.69) is 9.97 Å². The van der Waals surface area contributed by atoms with Gasteiger partial charge in [-0.3, -0.25) is 14.9 Å². The molecule has 0 aliphatic carbocycles. The number of aliphatic hydroxyl groups is 2. The van der Waals surface area contributed by atoms with Crippen molar-refractivity contribution in [1.29, 1.82) is 0 Å². The lowest BCUT2D eigenvalue weighted by molar-refractivity contribution is -0.0482. The summed E-state index contributed by atoms with van der Waals surface area (Å²) >= 11 is 1.45. The molecule has 4 N–H and O–H groups in total. The smallest absolute Gasteiger partial charge is 0.167 e. The number of aromatic nitrogens is 2. The molecule has 1 aromatic carbocycles. The molecule has 4 rings (SSSR count). The van der Waals surface area contributed by atoms with Gasteiger partial charge in [0.05, 0.1) is 34.0 Å². The molecule has 0 aliphatic rings. The predicted molar refractivity (Wildman–Crippen MR) is 129 cm³/mol. The van der Waals surface area contributed by atoms with Crippen molar-refractivity contribution >= 4 is 27.2 Å². The van der Waals surface area contributed by atoms with Crippen LogP contribution in [0.25, 0.3) is 20.8 Å². The van der Waals surface area contributed by atoms with E-state index < -0.39 is 12.0 Å². The average molecular weight is 485 g/mol. The molecule has 0 aliphatic heterocycles. The quantitative estimate of drug-likeness (QED) is 0.231. The molecule has 178 valence electrons. The number of thiophene rings is 1. The molecule has 3 aromatic heterocycles. The molecular weight excluding hydrogens is 459 g/mol. The van der Waals surface area contributed by atoms with Crippen molar-refractivity contribution in [2.45, 2.75) is 12.8 Å². The molecular formula is C24H25FN4O4S. The van der Waals surface area contributed by atoms with E-state index >= 15 is 0 Å². The number of rotatable bonds is 10. The molecule has 3 heterocycles. The van der Waals surface area contributed by atoms with Crippen molar-refractivity contribution < 1.29 is 24.1 Å². The highest BCUT2D eigenvalue weighted by molar-refractivity contribution is 7.22. The van der Waals surface area contributed by atoms with E-state index in [1.165, 1.54) is 23.5 Å². The van der Waals surface area contributed by atoms with Gasteiger partial charge in [-0.25, -0.2) is 4.39 Å². The number of methoxy groups -OCH3 is 1. The van der Waals surface area contributed by atoms with Crippen LogP contribution in [-0.4, -0.2) is 58.2 Å². The van der Waals surface area contributed by atoms with Crippen molar-refractivity contribution in [3.8, 4) is 22.1 Å². The van der Waals surface area contributed by atoms with Gasteiger partial charge in [0.1, 0.15) is 12.0 Å². The Labute approximate surface area is 200 Å². The number of hydrogen-bond donors (Lipinski definition) is 3. The first-order valence-corrected chi connectivity index (χ1v) is 11.4. The number of fused-ring (bicyclic) bond motifs is 1. The van der Waals surface area contributed by atoms with Crippen LogP contribution in [-0.2, 0) is 11.3 Å². The van der Waals surface area contributed by atoms with Gasteiger partial charge in [0.2, 0.25) is 0 Å². The van der Waals surface area contributed by atoms with Crippen molar-refractivity contribution in [3.63, 3.8) is 0 Å². The van der Waals surface area contributed by atoms with Gasteiger partial charge in [0, 0.05) is 50.4 Å². The number of nitrogens with two attached hydrogens (primary N) is 1. The molecule has 0 bridgehead atoms. The molecule has 0 fully saturated rings. The lowest BCUT2D eigenvalue weighted by Crippen LogP contribution is -2.39. The lowest BCUT2D eigenvalue weighted by atomic mass is 10.2. The maximum atomic E-state index is 14.2. The SMILES string of the molecule is COCCN(Cc1ccc(-c2cc3nccc(Oc4ccc(N)cc4F)c3s2)nc1)C(O)CO. The van der Waals surface area contributed by atoms with Crippen LogP contribution < -0.4 is 10.5 Å². The van der Waals surface area contributed by atoms with Crippen molar-refractivity contribution in [1.82, 2.24) is 14.9 Å². The average Bonchev–Trinajstić information content (AvgIpc) is 3.28. The summed E-state index contributed by atoms with van der Waals surface area (Å²) < 4.78 is 25.9. The summed E-state index contributed by atoms with van der Waals surface area (Å²) in [4.78, 5) is 11.6. The number of nitrogens with zero attached hydrogens (tertiary/aromatic N) is 3. The predicted octanol–water partition coefficient (Wildman–Crippen LogP) is 3.63. The molecule has 0 saturated carbocycles. The van der Waals surface area contributed by atoms with Gasteiger partial charge in [-0.2, -0.15) is 0 Å². The van der Waals surface area contributed by atoms with Crippen LogP contribution in [0.15, 0.2) is 54.9 Å². The second-order valence-electron chi connectivity index (χ2n) is 7.60. The van der Waals surface area contributed by atoms with Crippen LogP contribution in [0.5, 0.6) is 11.5 Å². The first kappa shape index (κ1) is 24.0. The Morgan fingerprint density at radius 1 is 1.15 bits per heavy atom. The van der Waals surface area contributed by atoms with Crippen LogP contribution in [0.2, 0.25) is 0 Å². The minimum absolute atomic E-state index is 0.0854. The molecule has 1 unspecified atom stereocenters. The Bertz CT molecular complexity index is 1250. The van der Waals surface area contributed by atoms with Gasteiger partial charge >= 0.3 is 0 Å². The maximum Gasteiger partial charge on any atom is 0.167 e. The van der Waals surface area contributed by atoms with E-state index in [-0.39, 0.29) is 12.4 Å². The molecule has 0 radical (unpaired) electrons. The van der Waals surface area contributed by atoms with Crippen LogP contribution in [0.3, 0.4) is 0 Å². The summed E-state index contributed by atoms with van der Waals surface area (Å²) in [7, 11) is 1.59. The van der Waals surface area contributed by atoms with Crippen LogP contribution in [0.4, 0.5) is 10.1 Å². The topological polar surface area (TPSA) is 114 Å². The molecule has 0 saturated heterocycles. The third-order valence-electron chi connectivity index (χ3n) is 5.18. The Morgan fingerprint density at radius 2 is 2.00 bits per heavy atom. The summed E-state index contributed by atoms with van der Waals surface area (Å²) in [5.74, 6) is 0.0420. The van der Waals surface area contributed by atoms with Crippen LogP contribution >= 0.6 is 11.3 Å². The number of benzene rings is 1. The summed E-state index contributed by atoms with van der Waals surface area (Å²) in [6.45, 7) is 0.952.